The molecule has 2 N–H and O–H groups in total. The lowest BCUT2D eigenvalue weighted by atomic mass is 10.1. The molecule has 1 aromatic heterocycles. The van der Waals surface area contributed by atoms with Crippen LogP contribution in [0.5, 0.6) is 0 Å². The Bertz CT molecular complexity index is 700. The highest BCUT2D eigenvalue weighted by Gasteiger charge is 2.15. The van der Waals surface area contributed by atoms with Crippen molar-refractivity contribution >= 4 is 15.8 Å². The first-order valence-corrected chi connectivity index (χ1v) is 8.25. The van der Waals surface area contributed by atoms with Gasteiger partial charge in [0.15, 0.2) is 0 Å². The number of anilines is 1. The van der Waals surface area contributed by atoms with Crippen molar-refractivity contribution in [2.75, 3.05) is 11.3 Å². The highest BCUT2D eigenvalue weighted by atomic mass is 32.2. The molecule has 6 heteroatoms. The number of nitrogens with one attached hydrogen (secondary N) is 2. The third kappa shape index (κ3) is 4.03. The highest BCUT2D eigenvalue weighted by molar-refractivity contribution is 7.92. The van der Waals surface area contributed by atoms with Gasteiger partial charge in [0.05, 0.1) is 4.90 Å². The fourth-order valence-corrected chi connectivity index (χ4v) is 2.94. The van der Waals surface area contributed by atoms with Gasteiger partial charge in [-0.3, -0.25) is 4.72 Å². The van der Waals surface area contributed by atoms with Crippen molar-refractivity contribution in [1.29, 1.82) is 0 Å². The van der Waals surface area contributed by atoms with E-state index < -0.39 is 10.0 Å². The molecule has 0 fully saturated rings. The number of nitrogens with zero attached hydrogens (tertiary/aromatic N) is 1. The van der Waals surface area contributed by atoms with E-state index in [0.29, 0.717) is 12.4 Å². The van der Waals surface area contributed by atoms with Gasteiger partial charge in [0.1, 0.15) is 5.82 Å². The van der Waals surface area contributed by atoms with E-state index in [1.165, 1.54) is 0 Å². The first kappa shape index (κ1) is 15.5. The SMILES string of the molecule is CCNCc1cc(S(=O)(=O)Nc2ccccn2)ccc1C. The summed E-state index contributed by atoms with van der Waals surface area (Å²) in [6, 6.07) is 10.2. The van der Waals surface area contributed by atoms with Gasteiger partial charge in [0.25, 0.3) is 10.0 Å². The van der Waals surface area contributed by atoms with Gasteiger partial charge >= 0.3 is 0 Å². The van der Waals surface area contributed by atoms with E-state index in [0.717, 1.165) is 17.7 Å². The van der Waals surface area contributed by atoms with Crippen LogP contribution in [0.25, 0.3) is 0 Å². The number of benzene rings is 1. The Morgan fingerprint density at radius 2 is 2.00 bits per heavy atom. The molecule has 2 aromatic rings. The minimum atomic E-state index is -3.62. The third-order valence-corrected chi connectivity index (χ3v) is 4.45. The molecule has 0 aliphatic carbocycles. The summed E-state index contributed by atoms with van der Waals surface area (Å²) in [7, 11) is -3.62. The fraction of sp³-hybridized carbons (Fsp3) is 0.267. The Kier molecular flexibility index (Phi) is 4.93. The normalized spacial score (nSPS) is 11.3. The topological polar surface area (TPSA) is 71.1 Å². The maximum atomic E-state index is 12.4. The molecule has 1 aromatic carbocycles. The van der Waals surface area contributed by atoms with Crippen LogP contribution in [0, 0.1) is 6.92 Å². The minimum absolute atomic E-state index is 0.242. The zero-order valence-electron chi connectivity index (χ0n) is 12.1. The number of hydrogen-bond donors (Lipinski definition) is 2. The Hall–Kier alpha value is -1.92. The molecule has 0 unspecified atom stereocenters. The summed E-state index contributed by atoms with van der Waals surface area (Å²) in [5.74, 6) is 0.311. The van der Waals surface area contributed by atoms with Crippen molar-refractivity contribution in [2.45, 2.75) is 25.3 Å². The van der Waals surface area contributed by atoms with Crippen LogP contribution < -0.4 is 10.0 Å². The predicted octanol–water partition coefficient (Wildman–Crippen LogP) is 2.30. The molecule has 0 atom stereocenters. The average molecular weight is 305 g/mol. The van der Waals surface area contributed by atoms with Crippen LogP contribution in [0.2, 0.25) is 0 Å². The van der Waals surface area contributed by atoms with Gasteiger partial charge in [-0.05, 0) is 48.9 Å². The lowest BCUT2D eigenvalue weighted by Gasteiger charge is -2.11. The summed E-state index contributed by atoms with van der Waals surface area (Å²) in [6.45, 7) is 5.46. The standard InChI is InChI=1S/C15H19N3O2S/c1-3-16-11-13-10-14(8-7-12(13)2)21(19,20)18-15-6-4-5-9-17-15/h4-10,16H,3,11H2,1-2H3,(H,17,18). The molecular formula is C15H19N3O2S. The van der Waals surface area contributed by atoms with Gasteiger partial charge in [-0.15, -0.1) is 0 Å². The predicted molar refractivity (Wildman–Crippen MR) is 83.6 cm³/mol. The lowest BCUT2D eigenvalue weighted by Crippen LogP contribution is -2.16. The monoisotopic (exact) mass is 305 g/mol. The van der Waals surface area contributed by atoms with Crippen molar-refractivity contribution in [2.24, 2.45) is 0 Å². The molecule has 0 bridgehead atoms. The number of aryl methyl sites for hydroxylation is 1. The Morgan fingerprint density at radius 3 is 2.67 bits per heavy atom. The first-order chi connectivity index (χ1) is 10.0. The Morgan fingerprint density at radius 1 is 1.19 bits per heavy atom. The summed E-state index contributed by atoms with van der Waals surface area (Å²) >= 11 is 0. The number of sulfonamides is 1. The molecule has 0 radical (unpaired) electrons. The Labute approximate surface area is 125 Å². The fourth-order valence-electron chi connectivity index (χ4n) is 1.88. The molecule has 5 nitrogen and oxygen atoms in total. The molecule has 2 rings (SSSR count). The molecule has 21 heavy (non-hydrogen) atoms. The maximum absolute atomic E-state index is 12.4. The van der Waals surface area contributed by atoms with E-state index in [2.05, 4.69) is 15.0 Å². The number of aromatic nitrogens is 1. The van der Waals surface area contributed by atoms with Gasteiger partial charge in [-0.25, -0.2) is 13.4 Å². The van der Waals surface area contributed by atoms with Gasteiger partial charge in [-0.1, -0.05) is 19.1 Å². The van der Waals surface area contributed by atoms with E-state index in [9.17, 15) is 8.42 Å². The van der Waals surface area contributed by atoms with Gasteiger partial charge in [-0.2, -0.15) is 0 Å². The molecule has 0 amide bonds. The van der Waals surface area contributed by atoms with E-state index in [1.54, 1.807) is 36.5 Å². The van der Waals surface area contributed by atoms with E-state index in [-0.39, 0.29) is 4.90 Å². The summed E-state index contributed by atoms with van der Waals surface area (Å²) in [4.78, 5) is 4.22. The van der Waals surface area contributed by atoms with Crippen LogP contribution in [0.4, 0.5) is 5.82 Å². The van der Waals surface area contributed by atoms with Crippen molar-refractivity contribution < 1.29 is 8.42 Å². The van der Waals surface area contributed by atoms with Crippen molar-refractivity contribution in [3.05, 3.63) is 53.7 Å². The second-order valence-electron chi connectivity index (χ2n) is 4.69. The zero-order valence-corrected chi connectivity index (χ0v) is 12.9. The van der Waals surface area contributed by atoms with E-state index >= 15 is 0 Å². The third-order valence-electron chi connectivity index (χ3n) is 3.10. The Balaban J connectivity index is 2.27. The first-order valence-electron chi connectivity index (χ1n) is 6.77. The van der Waals surface area contributed by atoms with Crippen LogP contribution >= 0.6 is 0 Å². The number of pyridine rings is 1. The van der Waals surface area contributed by atoms with Gasteiger partial charge in [0.2, 0.25) is 0 Å². The second-order valence-corrected chi connectivity index (χ2v) is 6.37. The summed E-state index contributed by atoms with van der Waals surface area (Å²) in [5, 5.41) is 3.21. The second kappa shape index (κ2) is 6.69. The molecule has 112 valence electrons. The zero-order chi connectivity index (χ0) is 15.3. The molecule has 1 heterocycles. The molecule has 0 aliphatic heterocycles. The molecular weight excluding hydrogens is 286 g/mol. The molecule has 0 saturated heterocycles. The van der Waals surface area contributed by atoms with Crippen LogP contribution in [-0.2, 0) is 16.6 Å². The summed E-state index contributed by atoms with van der Waals surface area (Å²) < 4.78 is 27.2. The molecule has 0 saturated carbocycles. The van der Waals surface area contributed by atoms with E-state index in [1.807, 2.05) is 19.9 Å². The quantitative estimate of drug-likeness (QED) is 0.859. The van der Waals surface area contributed by atoms with E-state index in [4.69, 9.17) is 0 Å². The van der Waals surface area contributed by atoms with Crippen molar-refractivity contribution in [3.63, 3.8) is 0 Å². The maximum Gasteiger partial charge on any atom is 0.263 e. The smallest absolute Gasteiger partial charge is 0.263 e. The van der Waals surface area contributed by atoms with Gasteiger partial charge in [0, 0.05) is 12.7 Å². The summed E-state index contributed by atoms with van der Waals surface area (Å²) in [5.41, 5.74) is 2.04. The minimum Gasteiger partial charge on any atom is -0.313 e. The van der Waals surface area contributed by atoms with Crippen LogP contribution in [-0.4, -0.2) is 19.9 Å². The van der Waals surface area contributed by atoms with Crippen molar-refractivity contribution in [3.8, 4) is 0 Å². The molecule has 0 aliphatic rings. The van der Waals surface area contributed by atoms with Crippen molar-refractivity contribution in [1.82, 2.24) is 10.3 Å². The van der Waals surface area contributed by atoms with Crippen LogP contribution in [0.1, 0.15) is 18.1 Å². The average Bonchev–Trinajstić information content (AvgIpc) is 2.47. The lowest BCUT2D eigenvalue weighted by molar-refractivity contribution is 0.600. The number of hydrogen-bond acceptors (Lipinski definition) is 4. The highest BCUT2D eigenvalue weighted by Crippen LogP contribution is 2.18. The number of rotatable bonds is 6. The summed E-state index contributed by atoms with van der Waals surface area (Å²) in [6.07, 6.45) is 1.55. The van der Waals surface area contributed by atoms with Crippen LogP contribution in [0.15, 0.2) is 47.5 Å². The largest absolute Gasteiger partial charge is 0.313 e. The molecule has 0 spiro atoms. The van der Waals surface area contributed by atoms with Gasteiger partial charge < -0.3 is 5.32 Å². The van der Waals surface area contributed by atoms with Crippen LogP contribution in [0.3, 0.4) is 0 Å².